The fourth-order valence-corrected chi connectivity index (χ4v) is 2.49. The molecule has 0 spiro atoms. The molecule has 3 rings (SSSR count). The molecule has 1 aliphatic rings. The SMILES string of the molecule is Nc1ccc2c(c1)CCC2n1c(=O)[nH][nH]c1=O. The van der Waals surface area contributed by atoms with Gasteiger partial charge in [0.25, 0.3) is 0 Å². The number of fused-ring (bicyclic) bond motifs is 1. The zero-order valence-electron chi connectivity index (χ0n) is 9.06. The molecule has 6 heteroatoms. The zero-order valence-corrected chi connectivity index (χ0v) is 9.06. The molecule has 4 N–H and O–H groups in total. The molecule has 0 bridgehead atoms. The summed E-state index contributed by atoms with van der Waals surface area (Å²) in [6.45, 7) is 0. The Morgan fingerprint density at radius 1 is 1.24 bits per heavy atom. The quantitative estimate of drug-likeness (QED) is 0.603. The Kier molecular flexibility index (Phi) is 1.98. The fourth-order valence-electron chi connectivity index (χ4n) is 2.49. The van der Waals surface area contributed by atoms with Crippen LogP contribution in [0.5, 0.6) is 0 Å². The number of rotatable bonds is 1. The van der Waals surface area contributed by atoms with Crippen molar-refractivity contribution in [2.45, 2.75) is 18.9 Å². The molecule has 0 fully saturated rings. The molecule has 1 aliphatic carbocycles. The summed E-state index contributed by atoms with van der Waals surface area (Å²) < 4.78 is 1.22. The number of H-pyrrole nitrogens is 2. The van der Waals surface area contributed by atoms with Crippen molar-refractivity contribution in [3.8, 4) is 0 Å². The van der Waals surface area contributed by atoms with Crippen LogP contribution in [-0.2, 0) is 6.42 Å². The average Bonchev–Trinajstić information content (AvgIpc) is 2.83. The van der Waals surface area contributed by atoms with Gasteiger partial charge in [-0.25, -0.2) is 24.4 Å². The van der Waals surface area contributed by atoms with Crippen LogP contribution < -0.4 is 17.1 Å². The summed E-state index contributed by atoms with van der Waals surface area (Å²) in [5.74, 6) is 0. The molecule has 0 saturated carbocycles. The lowest BCUT2D eigenvalue weighted by atomic mass is 10.1. The van der Waals surface area contributed by atoms with Gasteiger partial charge in [0, 0.05) is 5.69 Å². The number of nitrogens with zero attached hydrogens (tertiary/aromatic N) is 1. The number of nitrogens with two attached hydrogens (primary N) is 1. The number of aromatic amines is 2. The molecular weight excluding hydrogens is 220 g/mol. The van der Waals surface area contributed by atoms with Crippen LogP contribution >= 0.6 is 0 Å². The van der Waals surface area contributed by atoms with Gasteiger partial charge in [-0.1, -0.05) is 6.07 Å². The number of anilines is 1. The summed E-state index contributed by atoms with van der Waals surface area (Å²) in [6, 6.07) is 5.40. The average molecular weight is 232 g/mol. The third-order valence-corrected chi connectivity index (χ3v) is 3.24. The van der Waals surface area contributed by atoms with Gasteiger partial charge in [-0.15, -0.1) is 0 Å². The first-order valence-electron chi connectivity index (χ1n) is 5.44. The minimum Gasteiger partial charge on any atom is -0.399 e. The molecule has 1 unspecified atom stereocenters. The summed E-state index contributed by atoms with van der Waals surface area (Å²) in [5.41, 5.74) is 7.74. The molecule has 0 amide bonds. The number of nitrogen functional groups attached to an aromatic ring is 1. The van der Waals surface area contributed by atoms with E-state index < -0.39 is 11.4 Å². The minimum atomic E-state index is -0.398. The highest BCUT2D eigenvalue weighted by Gasteiger charge is 2.26. The van der Waals surface area contributed by atoms with Crippen LogP contribution in [0, 0.1) is 0 Å². The molecule has 88 valence electrons. The lowest BCUT2D eigenvalue weighted by Crippen LogP contribution is -2.30. The van der Waals surface area contributed by atoms with E-state index in [4.69, 9.17) is 5.73 Å². The van der Waals surface area contributed by atoms with Crippen LogP contribution in [0.15, 0.2) is 27.8 Å². The maximum Gasteiger partial charge on any atom is 0.344 e. The highest BCUT2D eigenvalue weighted by atomic mass is 16.2. The normalized spacial score (nSPS) is 18.2. The Hall–Kier alpha value is -2.24. The number of benzene rings is 1. The topological polar surface area (TPSA) is 96.7 Å². The van der Waals surface area contributed by atoms with E-state index in [1.807, 2.05) is 12.1 Å². The zero-order chi connectivity index (χ0) is 12.0. The first-order chi connectivity index (χ1) is 8.16. The summed E-state index contributed by atoms with van der Waals surface area (Å²) in [6.07, 6.45) is 1.59. The van der Waals surface area contributed by atoms with Crippen LogP contribution in [0.4, 0.5) is 5.69 Å². The third kappa shape index (κ3) is 1.41. The first kappa shape index (κ1) is 9.95. The Bertz CT molecular complexity index is 652. The largest absolute Gasteiger partial charge is 0.399 e. The Morgan fingerprint density at radius 2 is 1.94 bits per heavy atom. The monoisotopic (exact) mass is 232 g/mol. The van der Waals surface area contributed by atoms with Crippen molar-refractivity contribution >= 4 is 5.69 Å². The maximum absolute atomic E-state index is 11.6. The van der Waals surface area contributed by atoms with E-state index in [9.17, 15) is 9.59 Å². The van der Waals surface area contributed by atoms with Gasteiger partial charge in [-0.05, 0) is 36.1 Å². The van der Waals surface area contributed by atoms with Crippen LogP contribution in [-0.4, -0.2) is 14.8 Å². The standard InChI is InChI=1S/C11H12N4O2/c12-7-2-3-8-6(5-7)1-4-9(8)15-10(16)13-14-11(15)17/h2-3,5,9H,1,4,12H2,(H,13,16)(H,14,17). The van der Waals surface area contributed by atoms with E-state index in [2.05, 4.69) is 10.2 Å². The van der Waals surface area contributed by atoms with E-state index in [1.165, 1.54) is 4.57 Å². The van der Waals surface area contributed by atoms with E-state index in [1.54, 1.807) is 6.07 Å². The Labute approximate surface area is 96.1 Å². The third-order valence-electron chi connectivity index (χ3n) is 3.24. The van der Waals surface area contributed by atoms with Crippen molar-refractivity contribution in [2.24, 2.45) is 0 Å². The van der Waals surface area contributed by atoms with E-state index in [0.717, 1.165) is 24.0 Å². The van der Waals surface area contributed by atoms with Gasteiger partial charge >= 0.3 is 11.4 Å². The van der Waals surface area contributed by atoms with Crippen LogP contribution in [0.2, 0.25) is 0 Å². The molecule has 1 aromatic carbocycles. The summed E-state index contributed by atoms with van der Waals surface area (Å²) in [5, 5.41) is 4.60. The second-order valence-corrected chi connectivity index (χ2v) is 4.24. The maximum atomic E-state index is 11.6. The van der Waals surface area contributed by atoms with Gasteiger partial charge in [0.2, 0.25) is 0 Å². The van der Waals surface area contributed by atoms with Crippen molar-refractivity contribution in [2.75, 3.05) is 5.73 Å². The van der Waals surface area contributed by atoms with Gasteiger partial charge < -0.3 is 5.73 Å². The fraction of sp³-hybridized carbons (Fsp3) is 0.273. The number of hydrogen-bond acceptors (Lipinski definition) is 3. The molecule has 1 atom stereocenters. The van der Waals surface area contributed by atoms with E-state index in [-0.39, 0.29) is 6.04 Å². The molecule has 6 nitrogen and oxygen atoms in total. The number of aryl methyl sites for hydroxylation is 1. The minimum absolute atomic E-state index is 0.187. The van der Waals surface area contributed by atoms with Crippen molar-refractivity contribution in [1.29, 1.82) is 0 Å². The van der Waals surface area contributed by atoms with Gasteiger partial charge in [-0.3, -0.25) is 0 Å². The predicted octanol–water partition coefficient (Wildman–Crippen LogP) is -0.0175. The second-order valence-electron chi connectivity index (χ2n) is 4.24. The number of nitrogens with one attached hydrogen (secondary N) is 2. The first-order valence-corrected chi connectivity index (χ1v) is 5.44. The molecule has 0 radical (unpaired) electrons. The smallest absolute Gasteiger partial charge is 0.344 e. The number of aromatic nitrogens is 3. The van der Waals surface area contributed by atoms with E-state index in [0.29, 0.717) is 5.69 Å². The predicted molar refractivity (Wildman–Crippen MR) is 63.0 cm³/mol. The Morgan fingerprint density at radius 3 is 2.65 bits per heavy atom. The van der Waals surface area contributed by atoms with Crippen molar-refractivity contribution in [3.05, 3.63) is 50.3 Å². The van der Waals surface area contributed by atoms with Gasteiger partial charge in [0.15, 0.2) is 0 Å². The van der Waals surface area contributed by atoms with E-state index >= 15 is 0 Å². The number of hydrogen-bond donors (Lipinski definition) is 3. The Balaban J connectivity index is 2.16. The molecular formula is C11H12N4O2. The second kappa shape index (κ2) is 3.38. The van der Waals surface area contributed by atoms with Gasteiger partial charge in [-0.2, -0.15) is 0 Å². The van der Waals surface area contributed by atoms with Crippen molar-refractivity contribution in [1.82, 2.24) is 14.8 Å². The van der Waals surface area contributed by atoms with Crippen molar-refractivity contribution in [3.63, 3.8) is 0 Å². The highest BCUT2D eigenvalue weighted by molar-refractivity contribution is 5.47. The van der Waals surface area contributed by atoms with Crippen LogP contribution in [0.1, 0.15) is 23.6 Å². The molecule has 17 heavy (non-hydrogen) atoms. The van der Waals surface area contributed by atoms with Gasteiger partial charge in [0.1, 0.15) is 0 Å². The van der Waals surface area contributed by atoms with Crippen LogP contribution in [0.25, 0.3) is 0 Å². The molecule has 0 aliphatic heterocycles. The molecule has 1 heterocycles. The van der Waals surface area contributed by atoms with Gasteiger partial charge in [0.05, 0.1) is 6.04 Å². The lowest BCUT2D eigenvalue weighted by molar-refractivity contribution is 0.547. The summed E-state index contributed by atoms with van der Waals surface area (Å²) in [7, 11) is 0. The summed E-state index contributed by atoms with van der Waals surface area (Å²) in [4.78, 5) is 23.1. The van der Waals surface area contributed by atoms with Crippen LogP contribution in [0.3, 0.4) is 0 Å². The lowest BCUT2D eigenvalue weighted by Gasteiger charge is -2.10. The molecule has 0 saturated heterocycles. The summed E-state index contributed by atoms with van der Waals surface area (Å²) >= 11 is 0. The van der Waals surface area contributed by atoms with Crippen molar-refractivity contribution < 1.29 is 0 Å². The molecule has 1 aromatic heterocycles. The molecule has 2 aromatic rings. The highest BCUT2D eigenvalue weighted by Crippen LogP contribution is 2.33.